The van der Waals surface area contributed by atoms with E-state index >= 15 is 0 Å². The molecule has 1 aliphatic heterocycles. The molecule has 1 amide bonds. The summed E-state index contributed by atoms with van der Waals surface area (Å²) in [7, 11) is 0. The van der Waals surface area contributed by atoms with E-state index in [1.807, 2.05) is 6.92 Å². The lowest BCUT2D eigenvalue weighted by atomic mass is 9.99. The topological polar surface area (TPSA) is 58.2 Å². The van der Waals surface area contributed by atoms with Crippen LogP contribution in [0.2, 0.25) is 0 Å². The third-order valence-electron chi connectivity index (χ3n) is 3.93. The molecular weight excluding hydrogens is 326 g/mol. The molecule has 0 aromatic heterocycles. The maximum atomic E-state index is 13.1. The predicted molar refractivity (Wildman–Crippen MR) is 85.8 cm³/mol. The van der Waals surface area contributed by atoms with Crippen LogP contribution in [0.4, 0.5) is 8.78 Å². The first-order chi connectivity index (χ1) is 10.5. The summed E-state index contributed by atoms with van der Waals surface area (Å²) in [4.78, 5) is 23.8. The molecule has 1 aromatic carbocycles. The van der Waals surface area contributed by atoms with E-state index in [1.54, 1.807) is 0 Å². The van der Waals surface area contributed by atoms with Crippen molar-refractivity contribution in [2.24, 2.45) is 0 Å². The Kier molecular flexibility index (Phi) is 7.58. The first kappa shape index (κ1) is 19.5. The zero-order chi connectivity index (χ0) is 16.1. The number of benzene rings is 1. The Morgan fingerprint density at radius 3 is 2.65 bits per heavy atom. The first-order valence-corrected chi connectivity index (χ1v) is 7.48. The van der Waals surface area contributed by atoms with E-state index in [2.05, 4.69) is 10.6 Å². The Morgan fingerprint density at radius 1 is 1.26 bits per heavy atom. The Morgan fingerprint density at radius 2 is 2.00 bits per heavy atom. The van der Waals surface area contributed by atoms with Crippen molar-refractivity contribution in [3.8, 4) is 0 Å². The summed E-state index contributed by atoms with van der Waals surface area (Å²) in [6.45, 7) is 2.96. The molecule has 0 aliphatic carbocycles. The minimum absolute atomic E-state index is 0. The van der Waals surface area contributed by atoms with Gasteiger partial charge in [-0.15, -0.1) is 12.4 Å². The van der Waals surface area contributed by atoms with Crippen LogP contribution in [-0.4, -0.2) is 30.3 Å². The van der Waals surface area contributed by atoms with E-state index in [9.17, 15) is 18.4 Å². The van der Waals surface area contributed by atoms with Crippen LogP contribution in [0.5, 0.6) is 0 Å². The number of nitrogens with one attached hydrogen (secondary N) is 2. The van der Waals surface area contributed by atoms with Crippen molar-refractivity contribution < 1.29 is 18.4 Å². The third kappa shape index (κ3) is 5.55. The summed E-state index contributed by atoms with van der Waals surface area (Å²) in [5.41, 5.74) is 0.0828. The normalized spacial score (nSPS) is 20.5. The van der Waals surface area contributed by atoms with Gasteiger partial charge in [-0.05, 0) is 44.5 Å². The lowest BCUT2D eigenvalue weighted by Crippen LogP contribution is -2.51. The summed E-state index contributed by atoms with van der Waals surface area (Å²) in [6.07, 6.45) is 1.94. The molecule has 0 spiro atoms. The highest BCUT2D eigenvalue weighted by molar-refractivity contribution is 5.97. The molecule has 7 heteroatoms. The van der Waals surface area contributed by atoms with E-state index in [0.717, 1.165) is 31.5 Å². The van der Waals surface area contributed by atoms with Crippen molar-refractivity contribution >= 4 is 24.1 Å². The Bertz CT molecular complexity index is 569. The third-order valence-corrected chi connectivity index (χ3v) is 3.93. The zero-order valence-electron chi connectivity index (χ0n) is 12.9. The largest absolute Gasteiger partial charge is 0.352 e. The number of halogens is 3. The molecule has 2 rings (SSSR count). The van der Waals surface area contributed by atoms with Crippen LogP contribution in [0.1, 0.15) is 43.0 Å². The standard InChI is InChI=1S/C16H20F2N2O2.ClH/c1-10-14(3-2-8-19-10)20-16(22)7-6-15(21)11-4-5-12(17)13(18)9-11;/h4-5,9-10,14,19H,2-3,6-8H2,1H3,(H,20,22);1H. The summed E-state index contributed by atoms with van der Waals surface area (Å²) in [5.74, 6) is -2.62. The van der Waals surface area contributed by atoms with Crippen molar-refractivity contribution in [1.29, 1.82) is 0 Å². The van der Waals surface area contributed by atoms with Crippen molar-refractivity contribution in [2.45, 2.75) is 44.7 Å². The first-order valence-electron chi connectivity index (χ1n) is 7.48. The summed E-state index contributed by atoms with van der Waals surface area (Å²) in [6, 6.07) is 3.28. The molecule has 1 saturated heterocycles. The van der Waals surface area contributed by atoms with E-state index < -0.39 is 11.6 Å². The van der Waals surface area contributed by atoms with Gasteiger partial charge in [0.15, 0.2) is 17.4 Å². The SMILES string of the molecule is CC1NCCCC1NC(=O)CCC(=O)c1ccc(F)c(F)c1.Cl. The van der Waals surface area contributed by atoms with Crippen molar-refractivity contribution in [3.63, 3.8) is 0 Å². The number of carbonyl (C=O) groups excluding carboxylic acids is 2. The van der Waals surface area contributed by atoms with Crippen LogP contribution >= 0.6 is 12.4 Å². The molecule has 2 N–H and O–H groups in total. The maximum absolute atomic E-state index is 13.1. The molecule has 0 radical (unpaired) electrons. The van der Waals surface area contributed by atoms with Crippen molar-refractivity contribution in [1.82, 2.24) is 10.6 Å². The van der Waals surface area contributed by atoms with Gasteiger partial charge in [0.25, 0.3) is 0 Å². The Balaban J connectivity index is 0.00000264. The van der Waals surface area contributed by atoms with Gasteiger partial charge in [-0.3, -0.25) is 9.59 Å². The second kappa shape index (κ2) is 8.93. The average molecular weight is 347 g/mol. The van der Waals surface area contributed by atoms with Crippen LogP contribution in [0.3, 0.4) is 0 Å². The smallest absolute Gasteiger partial charge is 0.220 e. The molecule has 1 aromatic rings. The van der Waals surface area contributed by atoms with E-state index in [4.69, 9.17) is 0 Å². The molecule has 0 bridgehead atoms. The number of hydrogen-bond acceptors (Lipinski definition) is 3. The molecule has 128 valence electrons. The summed E-state index contributed by atoms with van der Waals surface area (Å²) < 4.78 is 25.9. The average Bonchev–Trinajstić information content (AvgIpc) is 2.50. The number of carbonyl (C=O) groups is 2. The van der Waals surface area contributed by atoms with Gasteiger partial charge < -0.3 is 10.6 Å². The van der Waals surface area contributed by atoms with Crippen LogP contribution in [0.15, 0.2) is 18.2 Å². The Labute approximate surface area is 140 Å². The lowest BCUT2D eigenvalue weighted by Gasteiger charge is -2.30. The minimum Gasteiger partial charge on any atom is -0.352 e. The van der Waals surface area contributed by atoms with Gasteiger partial charge in [0, 0.05) is 30.5 Å². The minimum atomic E-state index is -1.06. The van der Waals surface area contributed by atoms with Gasteiger partial charge >= 0.3 is 0 Å². The summed E-state index contributed by atoms with van der Waals surface area (Å²) >= 11 is 0. The van der Waals surface area contributed by atoms with E-state index in [-0.39, 0.29) is 54.6 Å². The van der Waals surface area contributed by atoms with E-state index in [1.165, 1.54) is 6.07 Å². The fourth-order valence-electron chi connectivity index (χ4n) is 2.56. The second-order valence-corrected chi connectivity index (χ2v) is 5.61. The van der Waals surface area contributed by atoms with Crippen LogP contribution in [0, 0.1) is 11.6 Å². The van der Waals surface area contributed by atoms with Crippen molar-refractivity contribution in [2.75, 3.05) is 6.54 Å². The molecule has 0 saturated carbocycles. The van der Waals surface area contributed by atoms with Gasteiger partial charge in [-0.2, -0.15) is 0 Å². The van der Waals surface area contributed by atoms with Gasteiger partial charge in [-0.1, -0.05) is 0 Å². The molecule has 1 aliphatic rings. The van der Waals surface area contributed by atoms with Crippen LogP contribution in [0.25, 0.3) is 0 Å². The monoisotopic (exact) mass is 346 g/mol. The highest BCUT2D eigenvalue weighted by atomic mass is 35.5. The molecule has 4 nitrogen and oxygen atoms in total. The molecule has 1 heterocycles. The van der Waals surface area contributed by atoms with Crippen LogP contribution < -0.4 is 10.6 Å². The molecule has 2 unspecified atom stereocenters. The quantitative estimate of drug-likeness (QED) is 0.806. The van der Waals surface area contributed by atoms with Gasteiger partial charge in [0.1, 0.15) is 0 Å². The molecular formula is C16H21ClF2N2O2. The van der Waals surface area contributed by atoms with Gasteiger partial charge in [0.2, 0.25) is 5.91 Å². The molecule has 1 fully saturated rings. The number of amides is 1. The van der Waals surface area contributed by atoms with Gasteiger partial charge in [-0.25, -0.2) is 8.78 Å². The fourth-order valence-corrected chi connectivity index (χ4v) is 2.56. The van der Waals surface area contributed by atoms with Crippen molar-refractivity contribution in [3.05, 3.63) is 35.4 Å². The van der Waals surface area contributed by atoms with Crippen LogP contribution in [-0.2, 0) is 4.79 Å². The van der Waals surface area contributed by atoms with Gasteiger partial charge in [0.05, 0.1) is 0 Å². The molecule has 23 heavy (non-hydrogen) atoms. The number of rotatable bonds is 5. The predicted octanol–water partition coefficient (Wildman–Crippen LogP) is 2.61. The number of Topliss-reactive ketones (excluding diaryl/α,β-unsaturated/α-hetero) is 1. The summed E-state index contributed by atoms with van der Waals surface area (Å²) in [5, 5.41) is 6.19. The zero-order valence-corrected chi connectivity index (χ0v) is 13.7. The maximum Gasteiger partial charge on any atom is 0.220 e. The lowest BCUT2D eigenvalue weighted by molar-refractivity contribution is -0.122. The number of ketones is 1. The number of hydrogen-bond donors (Lipinski definition) is 2. The molecule has 2 atom stereocenters. The Hall–Kier alpha value is -1.53. The van der Waals surface area contributed by atoms with E-state index in [0.29, 0.717) is 0 Å². The fraction of sp³-hybridized carbons (Fsp3) is 0.500. The second-order valence-electron chi connectivity index (χ2n) is 5.61. The highest BCUT2D eigenvalue weighted by Gasteiger charge is 2.22. The number of piperidine rings is 1. The highest BCUT2D eigenvalue weighted by Crippen LogP contribution is 2.12.